The lowest BCUT2D eigenvalue weighted by atomic mass is 10.0. The topological polar surface area (TPSA) is 9.23 Å². The summed E-state index contributed by atoms with van der Waals surface area (Å²) in [5, 5.41) is -0.0408. The molecular formula is C10H8ClF3OS. The SMILES string of the molecule is FC(F)(F)C1CC(S)c2cc(Cl)ccc2O1. The van der Waals surface area contributed by atoms with E-state index in [-0.39, 0.29) is 12.2 Å². The van der Waals surface area contributed by atoms with Crippen LogP contribution in [0.5, 0.6) is 5.75 Å². The van der Waals surface area contributed by atoms with Gasteiger partial charge in [0.1, 0.15) is 5.75 Å². The second-order valence-electron chi connectivity index (χ2n) is 3.58. The minimum atomic E-state index is -4.36. The average Bonchev–Trinajstić information content (AvgIpc) is 2.17. The summed E-state index contributed by atoms with van der Waals surface area (Å²) in [6, 6.07) is 4.53. The lowest BCUT2D eigenvalue weighted by Gasteiger charge is -2.31. The van der Waals surface area contributed by atoms with Crippen molar-refractivity contribution in [1.29, 1.82) is 0 Å². The van der Waals surface area contributed by atoms with Crippen molar-refractivity contribution < 1.29 is 17.9 Å². The molecule has 2 atom stereocenters. The van der Waals surface area contributed by atoms with Gasteiger partial charge in [0.25, 0.3) is 0 Å². The van der Waals surface area contributed by atoms with Crippen molar-refractivity contribution >= 4 is 24.2 Å². The molecule has 1 aliphatic heterocycles. The van der Waals surface area contributed by atoms with Crippen LogP contribution in [0.4, 0.5) is 13.2 Å². The Morgan fingerprint density at radius 3 is 2.69 bits per heavy atom. The van der Waals surface area contributed by atoms with Crippen LogP contribution >= 0.6 is 24.2 Å². The van der Waals surface area contributed by atoms with Crippen LogP contribution < -0.4 is 4.74 Å². The van der Waals surface area contributed by atoms with E-state index < -0.39 is 17.5 Å². The first-order chi connectivity index (χ1) is 7.38. The molecule has 1 aliphatic rings. The van der Waals surface area contributed by atoms with Crippen LogP contribution in [0, 0.1) is 0 Å². The van der Waals surface area contributed by atoms with E-state index in [1.165, 1.54) is 12.1 Å². The van der Waals surface area contributed by atoms with Crippen LogP contribution in [0.15, 0.2) is 18.2 Å². The first-order valence-corrected chi connectivity index (χ1v) is 5.48. The zero-order valence-corrected chi connectivity index (χ0v) is 9.61. The molecule has 0 spiro atoms. The summed E-state index contributed by atoms with van der Waals surface area (Å²) in [4.78, 5) is 0. The molecule has 0 N–H and O–H groups in total. The van der Waals surface area contributed by atoms with Crippen LogP contribution in [0.3, 0.4) is 0 Å². The highest BCUT2D eigenvalue weighted by Gasteiger charge is 2.45. The van der Waals surface area contributed by atoms with Gasteiger partial charge in [-0.2, -0.15) is 25.8 Å². The van der Waals surface area contributed by atoms with Gasteiger partial charge in [0.05, 0.1) is 0 Å². The molecule has 0 bridgehead atoms. The molecule has 88 valence electrons. The maximum Gasteiger partial charge on any atom is 0.425 e. The molecule has 0 aromatic heterocycles. The largest absolute Gasteiger partial charge is 0.481 e. The van der Waals surface area contributed by atoms with Gasteiger partial charge >= 0.3 is 6.18 Å². The molecule has 0 fully saturated rings. The number of fused-ring (bicyclic) bond motifs is 1. The highest BCUT2D eigenvalue weighted by molar-refractivity contribution is 7.80. The standard InChI is InChI=1S/C10H8ClF3OS/c11-5-1-2-7-6(3-5)8(16)4-9(15-7)10(12,13)14/h1-3,8-9,16H,4H2. The Bertz CT molecular complexity index is 408. The number of hydrogen-bond acceptors (Lipinski definition) is 2. The third kappa shape index (κ3) is 2.25. The van der Waals surface area contributed by atoms with Crippen LogP contribution in [0.1, 0.15) is 17.2 Å². The second-order valence-corrected chi connectivity index (χ2v) is 4.64. The summed E-state index contributed by atoms with van der Waals surface area (Å²) in [5.41, 5.74) is 0.608. The number of hydrogen-bond donors (Lipinski definition) is 1. The summed E-state index contributed by atoms with van der Waals surface area (Å²) >= 11 is 9.90. The van der Waals surface area contributed by atoms with Gasteiger partial charge in [-0.25, -0.2) is 0 Å². The van der Waals surface area contributed by atoms with Crippen molar-refractivity contribution in [2.45, 2.75) is 24.0 Å². The second kappa shape index (κ2) is 4.04. The predicted molar refractivity (Wildman–Crippen MR) is 58.3 cm³/mol. The quantitative estimate of drug-likeness (QED) is 0.699. The van der Waals surface area contributed by atoms with E-state index in [1.807, 2.05) is 0 Å². The van der Waals surface area contributed by atoms with Gasteiger partial charge in [-0.3, -0.25) is 0 Å². The number of halogens is 4. The normalized spacial score (nSPS) is 24.8. The molecule has 2 rings (SSSR count). The lowest BCUT2D eigenvalue weighted by molar-refractivity contribution is -0.199. The summed E-state index contributed by atoms with van der Waals surface area (Å²) in [5.74, 6) is 0.206. The Morgan fingerprint density at radius 2 is 2.06 bits per heavy atom. The monoisotopic (exact) mass is 268 g/mol. The fourth-order valence-electron chi connectivity index (χ4n) is 1.62. The van der Waals surface area contributed by atoms with Gasteiger partial charge in [-0.05, 0) is 18.2 Å². The summed E-state index contributed by atoms with van der Waals surface area (Å²) < 4.78 is 42.4. The number of ether oxygens (including phenoxy) is 1. The maximum atomic E-state index is 12.5. The molecule has 16 heavy (non-hydrogen) atoms. The third-order valence-electron chi connectivity index (χ3n) is 2.40. The van der Waals surface area contributed by atoms with Crippen LogP contribution in [0.25, 0.3) is 0 Å². The fourth-order valence-corrected chi connectivity index (χ4v) is 2.19. The van der Waals surface area contributed by atoms with Crippen LogP contribution in [-0.4, -0.2) is 12.3 Å². The lowest BCUT2D eigenvalue weighted by Crippen LogP contribution is -2.37. The molecule has 6 heteroatoms. The highest BCUT2D eigenvalue weighted by atomic mass is 35.5. The van der Waals surface area contributed by atoms with Crippen molar-refractivity contribution in [1.82, 2.24) is 0 Å². The van der Waals surface area contributed by atoms with Gasteiger partial charge in [0.2, 0.25) is 0 Å². The average molecular weight is 269 g/mol. The zero-order valence-electron chi connectivity index (χ0n) is 7.96. The number of thiol groups is 1. The molecule has 1 aromatic rings. The maximum absolute atomic E-state index is 12.5. The van der Waals surface area contributed by atoms with E-state index in [0.717, 1.165) is 0 Å². The summed E-state index contributed by atoms with van der Waals surface area (Å²) in [6.07, 6.45) is -6.35. The van der Waals surface area contributed by atoms with Gasteiger partial charge < -0.3 is 4.74 Å². The van der Waals surface area contributed by atoms with Crippen molar-refractivity contribution in [3.8, 4) is 5.75 Å². The van der Waals surface area contributed by atoms with E-state index >= 15 is 0 Å². The van der Waals surface area contributed by atoms with Gasteiger partial charge in [0, 0.05) is 22.3 Å². The predicted octanol–water partition coefficient (Wildman–Crippen LogP) is 4.02. The molecule has 0 saturated carbocycles. The Kier molecular flexibility index (Phi) is 3.01. The minimum Gasteiger partial charge on any atom is -0.481 e. The van der Waals surface area contributed by atoms with Crippen molar-refractivity contribution in [3.63, 3.8) is 0 Å². The Balaban J connectivity index is 2.34. The third-order valence-corrected chi connectivity index (χ3v) is 3.13. The molecular weight excluding hydrogens is 261 g/mol. The van der Waals surface area contributed by atoms with Crippen LogP contribution in [-0.2, 0) is 0 Å². The molecule has 1 aromatic carbocycles. The zero-order chi connectivity index (χ0) is 11.9. The van der Waals surface area contributed by atoms with Crippen molar-refractivity contribution in [2.75, 3.05) is 0 Å². The van der Waals surface area contributed by atoms with Gasteiger partial charge in [0.15, 0.2) is 6.10 Å². The van der Waals surface area contributed by atoms with E-state index in [1.54, 1.807) is 6.07 Å². The molecule has 0 saturated heterocycles. The van der Waals surface area contributed by atoms with Crippen molar-refractivity contribution in [3.05, 3.63) is 28.8 Å². The van der Waals surface area contributed by atoms with E-state index in [4.69, 9.17) is 16.3 Å². The van der Waals surface area contributed by atoms with E-state index in [9.17, 15) is 13.2 Å². The van der Waals surface area contributed by atoms with Gasteiger partial charge in [-0.15, -0.1) is 0 Å². The summed E-state index contributed by atoms with van der Waals surface area (Å²) in [7, 11) is 0. The number of rotatable bonds is 0. The molecule has 0 radical (unpaired) electrons. The molecule has 2 unspecified atom stereocenters. The first-order valence-electron chi connectivity index (χ1n) is 4.59. The smallest absolute Gasteiger partial charge is 0.425 e. The Labute approximate surface area is 101 Å². The molecule has 1 heterocycles. The van der Waals surface area contributed by atoms with Gasteiger partial charge in [-0.1, -0.05) is 11.6 Å². The fraction of sp³-hybridized carbons (Fsp3) is 0.400. The first kappa shape index (κ1) is 11.9. The molecule has 1 nitrogen and oxygen atoms in total. The van der Waals surface area contributed by atoms with Crippen molar-refractivity contribution in [2.24, 2.45) is 0 Å². The van der Waals surface area contributed by atoms with Crippen LogP contribution in [0.2, 0.25) is 5.02 Å². The Hall–Kier alpha value is -0.550. The summed E-state index contributed by atoms with van der Waals surface area (Å²) in [6.45, 7) is 0. The van der Waals surface area contributed by atoms with E-state index in [2.05, 4.69) is 12.6 Å². The number of benzene rings is 1. The highest BCUT2D eigenvalue weighted by Crippen LogP contribution is 2.43. The van der Waals surface area contributed by atoms with E-state index in [0.29, 0.717) is 10.6 Å². The molecule has 0 aliphatic carbocycles. The Morgan fingerprint density at radius 1 is 1.38 bits per heavy atom. The minimum absolute atomic E-state index is 0.194. The number of alkyl halides is 3. The molecule has 0 amide bonds.